The molecule has 1 saturated heterocycles. The van der Waals surface area contributed by atoms with Crippen molar-refractivity contribution in [3.8, 4) is 0 Å². The molecule has 17 heavy (non-hydrogen) atoms. The number of piperazine rings is 1. The monoisotopic (exact) mass is 236 g/mol. The summed E-state index contributed by atoms with van der Waals surface area (Å²) in [6, 6.07) is 0.362. The topological polar surface area (TPSA) is 45.5 Å². The van der Waals surface area contributed by atoms with Gasteiger partial charge in [0, 0.05) is 31.2 Å². The molecule has 0 bridgehead atoms. The number of aryl methyl sites for hydroxylation is 2. The molecule has 1 N–H and O–H groups in total. The summed E-state index contributed by atoms with van der Waals surface area (Å²) in [6.45, 7) is 10.2. The lowest BCUT2D eigenvalue weighted by molar-refractivity contribution is 0.0706. The van der Waals surface area contributed by atoms with E-state index in [1.807, 2.05) is 25.7 Å². The van der Waals surface area contributed by atoms with Crippen LogP contribution in [0.5, 0.6) is 0 Å². The van der Waals surface area contributed by atoms with E-state index in [2.05, 4.69) is 12.2 Å². The van der Waals surface area contributed by atoms with Crippen LogP contribution in [0.25, 0.3) is 0 Å². The van der Waals surface area contributed by atoms with Crippen molar-refractivity contribution in [2.45, 2.75) is 33.7 Å². The van der Waals surface area contributed by atoms with Crippen LogP contribution in [0, 0.1) is 20.8 Å². The maximum atomic E-state index is 12.4. The summed E-state index contributed by atoms with van der Waals surface area (Å²) in [5, 5.41) is 3.34. The SMILES string of the molecule is Cc1oc(C)c(C(=O)N2CCN[C@H](C)C2)c1C. The van der Waals surface area contributed by atoms with Crippen LogP contribution in [-0.2, 0) is 0 Å². The molecule has 1 aliphatic rings. The van der Waals surface area contributed by atoms with E-state index in [0.29, 0.717) is 6.04 Å². The quantitative estimate of drug-likeness (QED) is 0.806. The van der Waals surface area contributed by atoms with E-state index in [4.69, 9.17) is 4.42 Å². The molecule has 0 radical (unpaired) electrons. The predicted molar refractivity (Wildman–Crippen MR) is 66.3 cm³/mol. The van der Waals surface area contributed by atoms with Crippen molar-refractivity contribution in [2.75, 3.05) is 19.6 Å². The smallest absolute Gasteiger partial charge is 0.257 e. The number of rotatable bonds is 1. The van der Waals surface area contributed by atoms with E-state index in [9.17, 15) is 4.79 Å². The van der Waals surface area contributed by atoms with E-state index in [1.165, 1.54) is 0 Å². The molecule has 0 aliphatic carbocycles. The van der Waals surface area contributed by atoms with Crippen LogP contribution in [0.4, 0.5) is 0 Å². The number of amides is 1. The standard InChI is InChI=1S/C13H20N2O2/c1-8-7-15(6-5-14-8)13(16)12-9(2)10(3)17-11(12)4/h8,14H,5-7H2,1-4H3/t8-/m1/s1. The molecule has 1 aromatic heterocycles. The molecule has 1 amide bonds. The Labute approximate surface area is 102 Å². The first-order valence-electron chi connectivity index (χ1n) is 6.10. The molecule has 1 atom stereocenters. The largest absolute Gasteiger partial charge is 0.466 e. The van der Waals surface area contributed by atoms with Crippen LogP contribution in [0.3, 0.4) is 0 Å². The minimum atomic E-state index is 0.102. The average Bonchev–Trinajstić information content (AvgIpc) is 2.52. The fourth-order valence-electron chi connectivity index (χ4n) is 2.38. The Morgan fingerprint density at radius 3 is 2.59 bits per heavy atom. The van der Waals surface area contributed by atoms with E-state index < -0.39 is 0 Å². The molecule has 0 saturated carbocycles. The molecule has 1 aliphatic heterocycles. The molecule has 4 heteroatoms. The maximum absolute atomic E-state index is 12.4. The van der Waals surface area contributed by atoms with Gasteiger partial charge in [-0.3, -0.25) is 4.79 Å². The number of furan rings is 1. The maximum Gasteiger partial charge on any atom is 0.257 e. The molecule has 1 fully saturated rings. The summed E-state index contributed by atoms with van der Waals surface area (Å²) < 4.78 is 5.52. The molecule has 0 unspecified atom stereocenters. The van der Waals surface area contributed by atoms with Gasteiger partial charge in [0.25, 0.3) is 5.91 Å². The first kappa shape index (κ1) is 12.2. The molecule has 0 aromatic carbocycles. The Bertz CT molecular complexity index is 437. The highest BCUT2D eigenvalue weighted by Crippen LogP contribution is 2.22. The number of carbonyl (C=O) groups is 1. The minimum Gasteiger partial charge on any atom is -0.466 e. The summed E-state index contributed by atoms with van der Waals surface area (Å²) in [5.41, 5.74) is 1.72. The first-order chi connectivity index (χ1) is 8.00. The zero-order valence-corrected chi connectivity index (χ0v) is 11.0. The van der Waals surface area contributed by atoms with E-state index in [0.717, 1.165) is 42.3 Å². The van der Waals surface area contributed by atoms with Crippen LogP contribution >= 0.6 is 0 Å². The second kappa shape index (κ2) is 4.53. The molecular formula is C13H20N2O2. The molecular weight excluding hydrogens is 216 g/mol. The van der Waals surface area contributed by atoms with Gasteiger partial charge in [0.15, 0.2) is 0 Å². The second-order valence-electron chi connectivity index (χ2n) is 4.82. The van der Waals surface area contributed by atoms with Gasteiger partial charge < -0.3 is 14.6 Å². The lowest BCUT2D eigenvalue weighted by atomic mass is 10.1. The summed E-state index contributed by atoms with van der Waals surface area (Å²) in [6.07, 6.45) is 0. The van der Waals surface area contributed by atoms with Gasteiger partial charge in [-0.2, -0.15) is 0 Å². The number of nitrogens with zero attached hydrogens (tertiary/aromatic N) is 1. The molecule has 2 rings (SSSR count). The predicted octanol–water partition coefficient (Wildman–Crippen LogP) is 1.64. The van der Waals surface area contributed by atoms with Gasteiger partial charge in [-0.1, -0.05) is 0 Å². The van der Waals surface area contributed by atoms with Gasteiger partial charge in [0.2, 0.25) is 0 Å². The Kier molecular flexibility index (Phi) is 3.24. The van der Waals surface area contributed by atoms with Crippen LogP contribution in [0.15, 0.2) is 4.42 Å². The van der Waals surface area contributed by atoms with E-state index >= 15 is 0 Å². The third-order valence-corrected chi connectivity index (χ3v) is 3.43. The van der Waals surface area contributed by atoms with Crippen molar-refractivity contribution >= 4 is 5.91 Å². The van der Waals surface area contributed by atoms with Gasteiger partial charge in [0.05, 0.1) is 5.56 Å². The van der Waals surface area contributed by atoms with Crippen LogP contribution in [0.2, 0.25) is 0 Å². The molecule has 2 heterocycles. The first-order valence-corrected chi connectivity index (χ1v) is 6.10. The summed E-state index contributed by atoms with van der Waals surface area (Å²) >= 11 is 0. The van der Waals surface area contributed by atoms with Gasteiger partial charge in [-0.25, -0.2) is 0 Å². The third kappa shape index (κ3) is 2.22. The second-order valence-corrected chi connectivity index (χ2v) is 4.82. The lowest BCUT2D eigenvalue weighted by Gasteiger charge is -2.32. The van der Waals surface area contributed by atoms with Gasteiger partial charge in [-0.15, -0.1) is 0 Å². The van der Waals surface area contributed by atoms with Crippen LogP contribution in [-0.4, -0.2) is 36.5 Å². The summed E-state index contributed by atoms with van der Waals surface area (Å²) in [4.78, 5) is 14.3. The number of nitrogens with one attached hydrogen (secondary N) is 1. The van der Waals surface area contributed by atoms with Gasteiger partial charge in [0.1, 0.15) is 11.5 Å². The van der Waals surface area contributed by atoms with E-state index in [-0.39, 0.29) is 5.91 Å². The number of hydrogen-bond acceptors (Lipinski definition) is 3. The van der Waals surface area contributed by atoms with Crippen molar-refractivity contribution < 1.29 is 9.21 Å². The third-order valence-electron chi connectivity index (χ3n) is 3.43. The molecule has 0 spiro atoms. The highest BCUT2D eigenvalue weighted by Gasteiger charge is 2.26. The molecule has 94 valence electrons. The molecule has 4 nitrogen and oxygen atoms in total. The zero-order chi connectivity index (χ0) is 12.6. The lowest BCUT2D eigenvalue weighted by Crippen LogP contribution is -2.51. The number of hydrogen-bond donors (Lipinski definition) is 1. The average molecular weight is 236 g/mol. The zero-order valence-electron chi connectivity index (χ0n) is 11.0. The van der Waals surface area contributed by atoms with Gasteiger partial charge in [-0.05, 0) is 27.7 Å². The Morgan fingerprint density at radius 1 is 1.35 bits per heavy atom. The van der Waals surface area contributed by atoms with Crippen LogP contribution in [0.1, 0.15) is 34.4 Å². The van der Waals surface area contributed by atoms with E-state index in [1.54, 1.807) is 0 Å². The Morgan fingerprint density at radius 2 is 2.06 bits per heavy atom. The fourth-order valence-corrected chi connectivity index (χ4v) is 2.38. The normalized spacial score (nSPS) is 20.7. The van der Waals surface area contributed by atoms with Crippen molar-refractivity contribution in [3.63, 3.8) is 0 Å². The highest BCUT2D eigenvalue weighted by atomic mass is 16.3. The highest BCUT2D eigenvalue weighted by molar-refractivity contribution is 5.97. The Hall–Kier alpha value is -1.29. The molecule has 1 aromatic rings. The van der Waals surface area contributed by atoms with Crippen molar-refractivity contribution in [3.05, 3.63) is 22.6 Å². The van der Waals surface area contributed by atoms with Crippen molar-refractivity contribution in [1.82, 2.24) is 10.2 Å². The van der Waals surface area contributed by atoms with Crippen molar-refractivity contribution in [2.24, 2.45) is 0 Å². The summed E-state index contributed by atoms with van der Waals surface area (Å²) in [7, 11) is 0. The fraction of sp³-hybridized carbons (Fsp3) is 0.615. The number of carbonyl (C=O) groups excluding carboxylic acids is 1. The van der Waals surface area contributed by atoms with Crippen molar-refractivity contribution in [1.29, 1.82) is 0 Å². The minimum absolute atomic E-state index is 0.102. The summed E-state index contributed by atoms with van der Waals surface area (Å²) in [5.74, 6) is 1.68. The Balaban J connectivity index is 2.24. The van der Waals surface area contributed by atoms with Gasteiger partial charge >= 0.3 is 0 Å². The van der Waals surface area contributed by atoms with Crippen LogP contribution < -0.4 is 5.32 Å².